The molecule has 4 rings (SSSR count). The minimum Gasteiger partial charge on any atom is -0.315 e. The number of nitrogens with zero attached hydrogens (tertiary/aromatic N) is 1. The Balaban J connectivity index is 2.05. The maximum absolute atomic E-state index is 8.82. The van der Waals surface area contributed by atoms with Crippen LogP contribution in [0.5, 0.6) is 0 Å². The number of fused-ring (bicyclic) bond motifs is 1. The molecule has 17 heavy (non-hydrogen) atoms. The van der Waals surface area contributed by atoms with E-state index in [0.29, 0.717) is 12.8 Å². The summed E-state index contributed by atoms with van der Waals surface area (Å²) in [5, 5.41) is 8.82. The lowest BCUT2D eigenvalue weighted by Crippen LogP contribution is -2.70. The third kappa shape index (κ3) is 1.17. The predicted octanol–water partition coefficient (Wildman–Crippen LogP) is 2.23. The molecule has 0 amide bonds. The molecule has 94 valence electrons. The summed E-state index contributed by atoms with van der Waals surface area (Å²) >= 11 is 0. The Bertz CT molecular complexity index is 384. The van der Waals surface area contributed by atoms with Gasteiger partial charge in [-0.3, -0.25) is 0 Å². The van der Waals surface area contributed by atoms with Crippen molar-refractivity contribution in [3.63, 3.8) is 0 Å². The van der Waals surface area contributed by atoms with E-state index in [1.807, 2.05) is 20.8 Å². The van der Waals surface area contributed by atoms with Gasteiger partial charge in [0.15, 0.2) is 5.79 Å². The highest BCUT2D eigenvalue weighted by molar-refractivity contribution is 5.11. The molecule has 5 heteroatoms. The summed E-state index contributed by atoms with van der Waals surface area (Å²) in [4.78, 5) is 10.8. The first kappa shape index (κ1) is 11.4. The zero-order valence-electron chi connectivity index (χ0n) is 10.4. The zero-order valence-corrected chi connectivity index (χ0v) is 10.4. The standard InChI is InChI=1S/C12H17NO4/c1-9-6-7-12(5-4-8-13)10(2,14-9)16-17-11(12,3)15-9/h4-7H2,1-3H3/t9?,10-,11+,12?. The second-order valence-corrected chi connectivity index (χ2v) is 5.64. The molecule has 0 radical (unpaired) electrons. The molecule has 0 aliphatic carbocycles. The molecule has 2 unspecified atom stereocenters. The van der Waals surface area contributed by atoms with E-state index in [4.69, 9.17) is 24.5 Å². The predicted molar refractivity (Wildman–Crippen MR) is 56.1 cm³/mol. The Hall–Kier alpha value is -0.670. The smallest absolute Gasteiger partial charge is 0.212 e. The summed E-state index contributed by atoms with van der Waals surface area (Å²) < 4.78 is 11.9. The van der Waals surface area contributed by atoms with Crippen LogP contribution in [-0.4, -0.2) is 17.4 Å². The van der Waals surface area contributed by atoms with Crippen LogP contribution < -0.4 is 0 Å². The molecule has 4 saturated heterocycles. The third-order valence-corrected chi connectivity index (χ3v) is 4.59. The van der Waals surface area contributed by atoms with Crippen LogP contribution in [0.1, 0.15) is 46.5 Å². The first-order chi connectivity index (χ1) is 7.89. The summed E-state index contributed by atoms with van der Waals surface area (Å²) in [6.45, 7) is 5.68. The second-order valence-electron chi connectivity index (χ2n) is 5.64. The van der Waals surface area contributed by atoms with E-state index in [0.717, 1.165) is 12.8 Å². The molecule has 4 aliphatic rings. The molecular weight excluding hydrogens is 222 g/mol. The van der Waals surface area contributed by atoms with Gasteiger partial charge in [-0.2, -0.15) is 15.0 Å². The maximum atomic E-state index is 8.82. The quantitative estimate of drug-likeness (QED) is 0.691. The van der Waals surface area contributed by atoms with E-state index in [1.165, 1.54) is 0 Å². The van der Waals surface area contributed by atoms with Crippen molar-refractivity contribution in [2.24, 2.45) is 5.41 Å². The first-order valence-corrected chi connectivity index (χ1v) is 6.03. The molecule has 4 heterocycles. The van der Waals surface area contributed by atoms with Crippen molar-refractivity contribution in [1.82, 2.24) is 0 Å². The normalized spacial score (nSPS) is 55.9. The Morgan fingerprint density at radius 1 is 1.06 bits per heavy atom. The van der Waals surface area contributed by atoms with Gasteiger partial charge in [0.2, 0.25) is 11.6 Å². The van der Waals surface area contributed by atoms with Crippen molar-refractivity contribution in [2.45, 2.75) is 63.8 Å². The number of ether oxygens (including phenoxy) is 2. The molecule has 0 spiro atoms. The van der Waals surface area contributed by atoms with Gasteiger partial charge in [-0.25, -0.2) is 0 Å². The molecule has 0 aromatic heterocycles. The van der Waals surface area contributed by atoms with Crippen LogP contribution in [0.2, 0.25) is 0 Å². The largest absolute Gasteiger partial charge is 0.315 e. The van der Waals surface area contributed by atoms with E-state index < -0.39 is 22.8 Å². The first-order valence-electron chi connectivity index (χ1n) is 6.03. The van der Waals surface area contributed by atoms with Crippen LogP contribution in [0.25, 0.3) is 0 Å². The summed E-state index contributed by atoms with van der Waals surface area (Å²) in [6.07, 6.45) is 2.79. The number of hydrogen-bond acceptors (Lipinski definition) is 5. The van der Waals surface area contributed by atoms with E-state index in [-0.39, 0.29) is 0 Å². The van der Waals surface area contributed by atoms with Crippen molar-refractivity contribution < 1.29 is 19.2 Å². The lowest BCUT2D eigenvalue weighted by atomic mass is 9.63. The van der Waals surface area contributed by atoms with E-state index in [9.17, 15) is 0 Å². The topological polar surface area (TPSA) is 60.7 Å². The zero-order chi connectivity index (χ0) is 12.4. The molecule has 0 aromatic rings. The van der Waals surface area contributed by atoms with Crippen LogP contribution >= 0.6 is 0 Å². The minimum atomic E-state index is -0.816. The molecule has 4 aliphatic heterocycles. The lowest BCUT2D eigenvalue weighted by Gasteiger charge is -2.60. The molecule has 0 aromatic carbocycles. The maximum Gasteiger partial charge on any atom is 0.212 e. The Kier molecular flexibility index (Phi) is 2.02. The molecule has 0 saturated carbocycles. The monoisotopic (exact) mass is 239 g/mol. The van der Waals surface area contributed by atoms with Gasteiger partial charge in [0, 0.05) is 12.8 Å². The number of hydrogen-bond donors (Lipinski definition) is 0. The Morgan fingerprint density at radius 2 is 1.65 bits per heavy atom. The third-order valence-electron chi connectivity index (χ3n) is 4.59. The van der Waals surface area contributed by atoms with Crippen molar-refractivity contribution >= 4 is 0 Å². The fraction of sp³-hybridized carbons (Fsp3) is 0.917. The summed E-state index contributed by atoms with van der Waals surface area (Å²) in [5.74, 6) is -2.28. The van der Waals surface area contributed by atoms with Gasteiger partial charge in [0.1, 0.15) is 0 Å². The SMILES string of the molecule is CC12CCC3(CCC#N)[C@@](C)(OO[C@]3(C)O1)O2. The van der Waals surface area contributed by atoms with E-state index in [2.05, 4.69) is 6.07 Å². The molecule has 4 bridgehead atoms. The molecular formula is C12H17NO4. The molecule has 0 N–H and O–H groups in total. The highest BCUT2D eigenvalue weighted by Gasteiger charge is 2.78. The number of nitriles is 1. The van der Waals surface area contributed by atoms with Gasteiger partial charge >= 0.3 is 0 Å². The van der Waals surface area contributed by atoms with Crippen molar-refractivity contribution in [2.75, 3.05) is 0 Å². The average molecular weight is 239 g/mol. The minimum absolute atomic E-state index is 0.395. The molecule has 5 nitrogen and oxygen atoms in total. The van der Waals surface area contributed by atoms with Gasteiger partial charge < -0.3 is 9.47 Å². The van der Waals surface area contributed by atoms with Gasteiger partial charge in [-0.15, -0.1) is 0 Å². The summed E-state index contributed by atoms with van der Waals surface area (Å²) in [6, 6.07) is 2.18. The van der Waals surface area contributed by atoms with Gasteiger partial charge in [-0.05, 0) is 33.6 Å². The van der Waals surface area contributed by atoms with Gasteiger partial charge in [0.05, 0.1) is 11.5 Å². The fourth-order valence-corrected chi connectivity index (χ4v) is 3.65. The number of rotatable bonds is 2. The van der Waals surface area contributed by atoms with Crippen LogP contribution in [-0.2, 0) is 19.2 Å². The van der Waals surface area contributed by atoms with Crippen molar-refractivity contribution in [1.29, 1.82) is 5.26 Å². The van der Waals surface area contributed by atoms with Crippen LogP contribution in [0, 0.1) is 16.7 Å². The fourth-order valence-electron chi connectivity index (χ4n) is 3.65. The lowest BCUT2D eigenvalue weighted by molar-refractivity contribution is -0.455. The molecule has 4 atom stereocenters. The Labute approximate surface area is 101 Å². The highest BCUT2D eigenvalue weighted by atomic mass is 17.3. The van der Waals surface area contributed by atoms with Crippen LogP contribution in [0.3, 0.4) is 0 Å². The van der Waals surface area contributed by atoms with E-state index in [1.54, 1.807) is 0 Å². The van der Waals surface area contributed by atoms with Gasteiger partial charge in [0.25, 0.3) is 0 Å². The Morgan fingerprint density at radius 3 is 2.18 bits per heavy atom. The van der Waals surface area contributed by atoms with Crippen molar-refractivity contribution in [3.8, 4) is 6.07 Å². The second kappa shape index (κ2) is 3.01. The summed E-state index contributed by atoms with van der Waals surface area (Å²) in [5.41, 5.74) is -0.395. The van der Waals surface area contributed by atoms with Crippen LogP contribution in [0.15, 0.2) is 0 Å². The van der Waals surface area contributed by atoms with Crippen molar-refractivity contribution in [3.05, 3.63) is 0 Å². The highest BCUT2D eigenvalue weighted by Crippen LogP contribution is 2.68. The average Bonchev–Trinajstić information content (AvgIpc) is 2.38. The van der Waals surface area contributed by atoms with E-state index >= 15 is 0 Å². The molecule has 4 fully saturated rings. The van der Waals surface area contributed by atoms with Gasteiger partial charge in [-0.1, -0.05) is 0 Å². The van der Waals surface area contributed by atoms with Crippen LogP contribution in [0.4, 0.5) is 0 Å². The summed E-state index contributed by atoms with van der Waals surface area (Å²) in [7, 11) is 0.